The average molecular weight is 300 g/mol. The number of amides is 1. The number of ether oxygens (including phenoxy) is 1. The Hall–Kier alpha value is -2.14. The molecule has 0 radical (unpaired) electrons. The van der Waals surface area contributed by atoms with E-state index in [0.29, 0.717) is 0 Å². The number of hydrogen-bond acceptors (Lipinski definition) is 4. The van der Waals surface area contributed by atoms with Crippen molar-refractivity contribution in [2.75, 3.05) is 5.32 Å². The minimum atomic E-state index is -1.24. The standard InChI is InChI=1S/C17H19NO4/c1-3-10-6-4-5-9(2)15(10)18-16(19)13-11-7-8-12(22-11)14(13)17(20)21/h4-8,11-14H,3H2,1-2H3,(H,18,19)(H,20,21)/p-1/t11-,12+,13-,14-/m0/s1. The van der Waals surface area contributed by atoms with Gasteiger partial charge in [0.15, 0.2) is 0 Å². The van der Waals surface area contributed by atoms with Gasteiger partial charge in [-0.1, -0.05) is 37.3 Å². The van der Waals surface area contributed by atoms with Crippen LogP contribution in [0.4, 0.5) is 5.69 Å². The molecule has 0 aliphatic carbocycles. The summed E-state index contributed by atoms with van der Waals surface area (Å²) in [5, 5.41) is 14.2. The molecule has 3 rings (SSSR count). The largest absolute Gasteiger partial charge is 0.550 e. The maximum Gasteiger partial charge on any atom is 0.231 e. The number of para-hydroxylation sites is 1. The van der Waals surface area contributed by atoms with Crippen LogP contribution in [0.25, 0.3) is 0 Å². The van der Waals surface area contributed by atoms with Crippen LogP contribution in [0.3, 0.4) is 0 Å². The van der Waals surface area contributed by atoms with Crippen LogP contribution in [0, 0.1) is 18.8 Å². The number of anilines is 1. The highest BCUT2D eigenvalue weighted by Gasteiger charge is 2.50. The minimum Gasteiger partial charge on any atom is -0.550 e. The number of benzene rings is 1. The number of carboxylic acids is 1. The van der Waals surface area contributed by atoms with E-state index in [0.717, 1.165) is 23.2 Å². The highest BCUT2D eigenvalue weighted by atomic mass is 16.5. The number of carbonyl (C=O) groups excluding carboxylic acids is 2. The molecule has 1 aromatic carbocycles. The lowest BCUT2D eigenvalue weighted by Gasteiger charge is -2.25. The van der Waals surface area contributed by atoms with Crippen molar-refractivity contribution in [3.05, 3.63) is 41.5 Å². The van der Waals surface area contributed by atoms with E-state index >= 15 is 0 Å². The van der Waals surface area contributed by atoms with Gasteiger partial charge in [-0.15, -0.1) is 0 Å². The lowest BCUT2D eigenvalue weighted by atomic mass is 9.82. The zero-order valence-corrected chi connectivity index (χ0v) is 12.5. The first-order valence-electron chi connectivity index (χ1n) is 7.47. The van der Waals surface area contributed by atoms with Crippen molar-refractivity contribution < 1.29 is 19.4 Å². The molecule has 0 unspecified atom stereocenters. The van der Waals surface area contributed by atoms with E-state index in [1.807, 2.05) is 32.0 Å². The highest BCUT2D eigenvalue weighted by Crippen LogP contribution is 2.39. The minimum absolute atomic E-state index is 0.324. The molecule has 2 bridgehead atoms. The van der Waals surface area contributed by atoms with Crippen LogP contribution in [-0.4, -0.2) is 24.1 Å². The predicted octanol–water partition coefficient (Wildman–Crippen LogP) is 0.815. The second-order valence-electron chi connectivity index (χ2n) is 5.77. The lowest BCUT2D eigenvalue weighted by Crippen LogP contribution is -2.45. The summed E-state index contributed by atoms with van der Waals surface area (Å²) in [5.41, 5.74) is 2.74. The Morgan fingerprint density at radius 3 is 2.55 bits per heavy atom. The fourth-order valence-corrected chi connectivity index (χ4v) is 3.31. The molecule has 0 aromatic heterocycles. The van der Waals surface area contributed by atoms with Gasteiger partial charge in [-0.3, -0.25) is 4.79 Å². The van der Waals surface area contributed by atoms with Gasteiger partial charge < -0.3 is 20.0 Å². The second kappa shape index (κ2) is 5.57. The Labute approximate surface area is 129 Å². The van der Waals surface area contributed by atoms with Crippen molar-refractivity contribution in [3.63, 3.8) is 0 Å². The first-order chi connectivity index (χ1) is 10.5. The van der Waals surface area contributed by atoms with E-state index < -0.39 is 30.0 Å². The summed E-state index contributed by atoms with van der Waals surface area (Å²) in [6, 6.07) is 5.81. The number of carboxylic acid groups (broad SMARTS) is 1. The van der Waals surface area contributed by atoms with Crippen LogP contribution < -0.4 is 10.4 Å². The molecular weight excluding hydrogens is 282 g/mol. The first kappa shape index (κ1) is 14.8. The normalized spacial score (nSPS) is 28.8. The summed E-state index contributed by atoms with van der Waals surface area (Å²) in [4.78, 5) is 24.0. The van der Waals surface area contributed by atoms with Crippen LogP contribution in [0.15, 0.2) is 30.4 Å². The van der Waals surface area contributed by atoms with Gasteiger partial charge >= 0.3 is 0 Å². The predicted molar refractivity (Wildman–Crippen MR) is 79.0 cm³/mol. The molecule has 5 nitrogen and oxygen atoms in total. The number of hydrogen-bond donors (Lipinski definition) is 1. The van der Waals surface area contributed by atoms with Gasteiger partial charge in [-0.25, -0.2) is 0 Å². The summed E-state index contributed by atoms with van der Waals surface area (Å²) in [6.45, 7) is 3.93. The summed E-state index contributed by atoms with van der Waals surface area (Å²) >= 11 is 0. The lowest BCUT2D eigenvalue weighted by molar-refractivity contribution is -0.313. The van der Waals surface area contributed by atoms with E-state index in [-0.39, 0.29) is 5.91 Å². The zero-order valence-electron chi connectivity index (χ0n) is 12.5. The molecule has 2 aliphatic heterocycles. The van der Waals surface area contributed by atoms with E-state index in [1.165, 1.54) is 0 Å². The van der Waals surface area contributed by atoms with Gasteiger partial charge in [0, 0.05) is 17.6 Å². The maximum atomic E-state index is 12.6. The van der Waals surface area contributed by atoms with Crippen molar-refractivity contribution in [2.24, 2.45) is 11.8 Å². The van der Waals surface area contributed by atoms with Crippen LogP contribution in [-0.2, 0) is 20.7 Å². The number of carbonyl (C=O) groups is 2. The third-order valence-corrected chi connectivity index (χ3v) is 4.46. The molecule has 0 saturated carbocycles. The molecular formula is C17H18NO4-. The van der Waals surface area contributed by atoms with Crippen LogP contribution in [0.2, 0.25) is 0 Å². The number of nitrogens with one attached hydrogen (secondary N) is 1. The molecule has 1 fully saturated rings. The Bertz CT molecular complexity index is 652. The molecule has 1 aromatic rings. The van der Waals surface area contributed by atoms with Crippen molar-refractivity contribution >= 4 is 17.6 Å². The first-order valence-corrected chi connectivity index (χ1v) is 7.47. The summed E-state index contributed by atoms with van der Waals surface area (Å²) in [5.74, 6) is -3.24. The molecule has 4 atom stereocenters. The Kier molecular flexibility index (Phi) is 3.74. The molecule has 2 aliphatic rings. The smallest absolute Gasteiger partial charge is 0.231 e. The average Bonchev–Trinajstić information content (AvgIpc) is 3.09. The van der Waals surface area contributed by atoms with Crippen molar-refractivity contribution in [2.45, 2.75) is 32.5 Å². The summed E-state index contributed by atoms with van der Waals surface area (Å²) in [6.07, 6.45) is 3.19. The third kappa shape index (κ3) is 2.31. The Morgan fingerprint density at radius 1 is 1.23 bits per heavy atom. The Morgan fingerprint density at radius 2 is 1.91 bits per heavy atom. The molecule has 22 heavy (non-hydrogen) atoms. The monoisotopic (exact) mass is 300 g/mol. The molecule has 2 heterocycles. The SMILES string of the molecule is CCc1cccc(C)c1NC(=O)[C@@H]1[C@@H](C(=O)[O-])[C@H]2C=C[C@@H]1O2. The number of aryl methyl sites for hydroxylation is 2. The third-order valence-electron chi connectivity index (χ3n) is 4.46. The Balaban J connectivity index is 1.86. The van der Waals surface area contributed by atoms with E-state index in [1.54, 1.807) is 12.2 Å². The summed E-state index contributed by atoms with van der Waals surface area (Å²) < 4.78 is 5.51. The van der Waals surface area contributed by atoms with Crippen LogP contribution in [0.5, 0.6) is 0 Å². The molecule has 1 amide bonds. The van der Waals surface area contributed by atoms with Gasteiger partial charge in [0.25, 0.3) is 0 Å². The quantitative estimate of drug-likeness (QED) is 0.835. The van der Waals surface area contributed by atoms with Gasteiger partial charge in [0.1, 0.15) is 0 Å². The van der Waals surface area contributed by atoms with Crippen molar-refractivity contribution in [3.8, 4) is 0 Å². The molecule has 116 valence electrons. The molecule has 0 spiro atoms. The van der Waals surface area contributed by atoms with Gasteiger partial charge in [0.05, 0.1) is 18.1 Å². The molecule has 1 saturated heterocycles. The van der Waals surface area contributed by atoms with E-state index in [4.69, 9.17) is 4.74 Å². The number of fused-ring (bicyclic) bond motifs is 2. The fraction of sp³-hybridized carbons (Fsp3) is 0.412. The topological polar surface area (TPSA) is 78.5 Å². The molecule has 1 N–H and O–H groups in total. The summed E-state index contributed by atoms with van der Waals surface area (Å²) in [7, 11) is 0. The highest BCUT2D eigenvalue weighted by molar-refractivity contribution is 5.97. The van der Waals surface area contributed by atoms with Crippen LogP contribution >= 0.6 is 0 Å². The molecule has 5 heteroatoms. The maximum absolute atomic E-state index is 12.6. The van der Waals surface area contributed by atoms with Crippen LogP contribution in [0.1, 0.15) is 18.1 Å². The van der Waals surface area contributed by atoms with Gasteiger partial charge in [0.2, 0.25) is 5.91 Å². The van der Waals surface area contributed by atoms with Crippen molar-refractivity contribution in [1.29, 1.82) is 0 Å². The van der Waals surface area contributed by atoms with Gasteiger partial charge in [-0.05, 0) is 24.5 Å². The van der Waals surface area contributed by atoms with E-state index in [9.17, 15) is 14.7 Å². The van der Waals surface area contributed by atoms with Gasteiger partial charge in [-0.2, -0.15) is 0 Å². The zero-order chi connectivity index (χ0) is 15.9. The fourth-order valence-electron chi connectivity index (χ4n) is 3.31. The van der Waals surface area contributed by atoms with Crippen molar-refractivity contribution in [1.82, 2.24) is 0 Å². The van der Waals surface area contributed by atoms with E-state index in [2.05, 4.69) is 5.32 Å². The second-order valence-corrected chi connectivity index (χ2v) is 5.77. The number of aliphatic carboxylic acids is 1. The number of rotatable bonds is 4.